The van der Waals surface area contributed by atoms with Crippen LogP contribution in [0.5, 0.6) is 0 Å². The van der Waals surface area contributed by atoms with E-state index < -0.39 is 5.82 Å². The van der Waals surface area contributed by atoms with Crippen molar-refractivity contribution in [3.63, 3.8) is 0 Å². The second kappa shape index (κ2) is 14.6. The lowest BCUT2D eigenvalue weighted by Gasteiger charge is -2.46. The smallest absolute Gasteiger partial charge is 0.254 e. The fourth-order valence-electron chi connectivity index (χ4n) is 7.27. The van der Waals surface area contributed by atoms with E-state index in [1.807, 2.05) is 33.9 Å². The van der Waals surface area contributed by atoms with Gasteiger partial charge in [0.15, 0.2) is 0 Å². The predicted octanol–water partition coefficient (Wildman–Crippen LogP) is 4.66. The summed E-state index contributed by atoms with van der Waals surface area (Å²) in [5, 5.41) is 9.18. The maximum absolute atomic E-state index is 14.6. The molecule has 2 saturated heterocycles. The number of hydrogen-bond donors (Lipinski definition) is 1. The van der Waals surface area contributed by atoms with E-state index in [1.54, 1.807) is 15.9 Å². The highest BCUT2D eigenvalue weighted by Crippen LogP contribution is 2.37. The molecule has 2 aliphatic rings. The van der Waals surface area contributed by atoms with Gasteiger partial charge < -0.3 is 19.3 Å². The number of aliphatic hydroxyl groups is 1. The fraction of sp³-hybridized carbons (Fsp3) is 0.583. The summed E-state index contributed by atoms with van der Waals surface area (Å²) < 4.78 is 16.7. The van der Waals surface area contributed by atoms with Crippen molar-refractivity contribution < 1.29 is 19.1 Å². The number of piperazine rings is 1. The number of nitrogens with zero attached hydrogens (tertiary/aromatic N) is 6. The number of amides is 2. The zero-order chi connectivity index (χ0) is 33.1. The van der Waals surface area contributed by atoms with E-state index in [0.717, 1.165) is 61.5 Å². The van der Waals surface area contributed by atoms with Gasteiger partial charge in [-0.1, -0.05) is 19.9 Å². The molecule has 1 aromatic carbocycles. The topological polar surface area (TPSA) is 84.6 Å². The Morgan fingerprint density at radius 2 is 1.87 bits per heavy atom. The number of hydrogen-bond acceptors (Lipinski definition) is 6. The van der Waals surface area contributed by atoms with Crippen molar-refractivity contribution in [3.8, 4) is 11.1 Å². The molecule has 0 saturated carbocycles. The summed E-state index contributed by atoms with van der Waals surface area (Å²) >= 11 is 0. The molecule has 2 aliphatic heterocycles. The third-order valence-corrected chi connectivity index (χ3v) is 9.94. The standard InChI is InChI=1S/C36H51FN6O3/c1-7-42(25(4)5)36(46)32-18-29(37)10-11-30(32)31-17-27(22-43-26(6)38-19-34(31)43)28-20-41(21-28)33(24(2)3)9-8-12-39-13-14-40(15-16-44)35(45)23-39/h10-11,17-19,22,24-25,28,33,44H,7-9,12-16,20-21,23H2,1-6H3/t33-/m1/s1. The molecule has 9 nitrogen and oxygen atoms in total. The molecule has 1 atom stereocenters. The summed E-state index contributed by atoms with van der Waals surface area (Å²) in [4.78, 5) is 39.1. The minimum atomic E-state index is -0.423. The average molecular weight is 635 g/mol. The van der Waals surface area contributed by atoms with Gasteiger partial charge in [-0.15, -0.1) is 0 Å². The van der Waals surface area contributed by atoms with E-state index in [9.17, 15) is 19.1 Å². The van der Waals surface area contributed by atoms with Crippen LogP contribution in [0.4, 0.5) is 4.39 Å². The van der Waals surface area contributed by atoms with Crippen molar-refractivity contribution in [2.24, 2.45) is 5.92 Å². The number of halogens is 1. The Kier molecular flexibility index (Phi) is 10.8. The summed E-state index contributed by atoms with van der Waals surface area (Å²) in [5.41, 5.74) is 4.10. The largest absolute Gasteiger partial charge is 0.395 e. The number of aromatic nitrogens is 2. The van der Waals surface area contributed by atoms with E-state index in [0.29, 0.717) is 49.6 Å². The number of rotatable bonds is 13. The van der Waals surface area contributed by atoms with Crippen LogP contribution in [0.15, 0.2) is 36.7 Å². The minimum absolute atomic E-state index is 0.00313. The van der Waals surface area contributed by atoms with E-state index in [4.69, 9.17) is 0 Å². The van der Waals surface area contributed by atoms with Crippen LogP contribution in [0.3, 0.4) is 0 Å². The molecule has 2 fully saturated rings. The normalized spacial score (nSPS) is 17.3. The highest BCUT2D eigenvalue weighted by Gasteiger charge is 2.35. The third-order valence-electron chi connectivity index (χ3n) is 9.94. The van der Waals surface area contributed by atoms with E-state index in [1.165, 1.54) is 17.7 Å². The Morgan fingerprint density at radius 1 is 1.11 bits per heavy atom. The monoisotopic (exact) mass is 634 g/mol. The molecule has 0 radical (unpaired) electrons. The van der Waals surface area contributed by atoms with Crippen LogP contribution in [0.1, 0.15) is 75.1 Å². The molecule has 1 N–H and O–H groups in total. The molecular weight excluding hydrogens is 583 g/mol. The van der Waals surface area contributed by atoms with E-state index >= 15 is 0 Å². The summed E-state index contributed by atoms with van der Waals surface area (Å²) in [6.45, 7) is 18.2. The van der Waals surface area contributed by atoms with Gasteiger partial charge in [-0.3, -0.25) is 19.4 Å². The molecule has 5 rings (SSSR count). The van der Waals surface area contributed by atoms with Crippen LogP contribution >= 0.6 is 0 Å². The molecule has 2 aromatic heterocycles. The molecule has 10 heteroatoms. The predicted molar refractivity (Wildman–Crippen MR) is 179 cm³/mol. The van der Waals surface area contributed by atoms with Crippen molar-refractivity contribution in [1.29, 1.82) is 0 Å². The van der Waals surface area contributed by atoms with Gasteiger partial charge in [0.1, 0.15) is 11.6 Å². The third kappa shape index (κ3) is 7.14. The molecule has 0 spiro atoms. The van der Waals surface area contributed by atoms with Gasteiger partial charge >= 0.3 is 0 Å². The zero-order valence-corrected chi connectivity index (χ0v) is 28.4. The number of pyridine rings is 1. The highest BCUT2D eigenvalue weighted by atomic mass is 19.1. The first-order chi connectivity index (χ1) is 22.0. The number of carbonyl (C=O) groups excluding carboxylic acids is 2. The van der Waals surface area contributed by atoms with Crippen LogP contribution in [-0.4, -0.2) is 117 Å². The Labute approximate surface area is 273 Å². The van der Waals surface area contributed by atoms with E-state index in [-0.39, 0.29) is 24.5 Å². The van der Waals surface area contributed by atoms with Crippen molar-refractivity contribution in [1.82, 2.24) is 29.0 Å². The van der Waals surface area contributed by atoms with Crippen LogP contribution in [0.2, 0.25) is 0 Å². The Hall–Kier alpha value is -3.34. The van der Waals surface area contributed by atoms with Gasteiger partial charge in [-0.05, 0) is 82.3 Å². The average Bonchev–Trinajstić information content (AvgIpc) is 3.37. The highest BCUT2D eigenvalue weighted by molar-refractivity contribution is 6.03. The van der Waals surface area contributed by atoms with Gasteiger partial charge in [0.25, 0.3) is 5.91 Å². The quantitative estimate of drug-likeness (QED) is 0.295. The second-order valence-electron chi connectivity index (χ2n) is 13.6. The fourth-order valence-corrected chi connectivity index (χ4v) is 7.27. The summed E-state index contributed by atoms with van der Waals surface area (Å²) in [6.07, 6.45) is 6.13. The number of likely N-dealkylation sites (tertiary alicyclic amines) is 1. The first kappa shape index (κ1) is 34.0. The molecule has 2 amide bonds. The maximum atomic E-state index is 14.6. The van der Waals surface area contributed by atoms with Gasteiger partial charge in [0.2, 0.25) is 5.91 Å². The minimum Gasteiger partial charge on any atom is -0.395 e. The van der Waals surface area contributed by atoms with Gasteiger partial charge in [0.05, 0.1) is 30.4 Å². The summed E-state index contributed by atoms with van der Waals surface area (Å²) in [5.74, 6) is 1.23. The van der Waals surface area contributed by atoms with Gasteiger partial charge in [0, 0.05) is 69.0 Å². The lowest BCUT2D eigenvalue weighted by molar-refractivity contribution is -0.136. The first-order valence-electron chi connectivity index (χ1n) is 17.0. The second-order valence-corrected chi connectivity index (χ2v) is 13.6. The van der Waals surface area contributed by atoms with Crippen molar-refractivity contribution in [3.05, 3.63) is 59.4 Å². The Morgan fingerprint density at radius 3 is 2.52 bits per heavy atom. The van der Waals surface area contributed by atoms with Crippen molar-refractivity contribution in [2.75, 3.05) is 59.0 Å². The molecule has 4 heterocycles. The molecule has 0 unspecified atom stereocenters. The van der Waals surface area contributed by atoms with Crippen LogP contribution in [0.25, 0.3) is 16.6 Å². The van der Waals surface area contributed by atoms with Crippen LogP contribution < -0.4 is 0 Å². The molecular formula is C36H51FN6O3. The van der Waals surface area contributed by atoms with E-state index in [2.05, 4.69) is 45.3 Å². The SMILES string of the molecule is CCN(C(=O)c1cc(F)ccc1-c1cc(C2CN([C@H](CCCN3CCN(CCO)C(=O)C3)C(C)C)C2)cn2c(C)ncc12)C(C)C. The van der Waals surface area contributed by atoms with Crippen molar-refractivity contribution >= 4 is 17.3 Å². The summed E-state index contributed by atoms with van der Waals surface area (Å²) in [7, 11) is 0. The van der Waals surface area contributed by atoms with Gasteiger partial charge in [-0.2, -0.15) is 0 Å². The number of β-amino-alcohol motifs (C(OH)–C–C–N with tert-alkyl or cyclic N) is 1. The van der Waals surface area contributed by atoms with Crippen LogP contribution in [0, 0.1) is 18.7 Å². The summed E-state index contributed by atoms with van der Waals surface area (Å²) in [6, 6.07) is 7.19. The maximum Gasteiger partial charge on any atom is 0.254 e. The number of carbonyl (C=O) groups is 2. The number of benzene rings is 1. The van der Waals surface area contributed by atoms with Crippen LogP contribution in [-0.2, 0) is 4.79 Å². The molecule has 250 valence electrons. The molecule has 0 aliphatic carbocycles. The molecule has 0 bridgehead atoms. The lowest BCUT2D eigenvalue weighted by atomic mass is 9.85. The number of aryl methyl sites for hydroxylation is 1. The molecule has 46 heavy (non-hydrogen) atoms. The van der Waals surface area contributed by atoms with Crippen molar-refractivity contribution in [2.45, 2.75) is 72.4 Å². The Bertz CT molecular complexity index is 1530. The number of aliphatic hydroxyl groups excluding tert-OH is 1. The Balaban J connectivity index is 1.32. The molecule has 3 aromatic rings. The number of fused-ring (bicyclic) bond motifs is 1. The first-order valence-corrected chi connectivity index (χ1v) is 17.0. The van der Waals surface area contributed by atoms with Gasteiger partial charge in [-0.25, -0.2) is 9.37 Å². The lowest BCUT2D eigenvalue weighted by Crippen LogP contribution is -2.53. The zero-order valence-electron chi connectivity index (χ0n) is 28.4. The number of imidazole rings is 1.